The molecule has 2 rings (SSSR count). The van der Waals surface area contributed by atoms with Gasteiger partial charge < -0.3 is 35.2 Å². The SMILES string of the molecule is CCCN(C(=O)C(Cc1ccc(O)cc1)NC(=O)OC(C)(C)C)C(C(=O)NCCC(=O)OCC)c1ccc(O)cc1. The van der Waals surface area contributed by atoms with Crippen molar-refractivity contribution in [3.63, 3.8) is 0 Å². The summed E-state index contributed by atoms with van der Waals surface area (Å²) in [4.78, 5) is 53.7. The molecule has 0 heterocycles. The van der Waals surface area contributed by atoms with Gasteiger partial charge in [-0.2, -0.15) is 0 Å². The molecule has 224 valence electrons. The molecular weight excluding hydrogens is 530 g/mol. The molecule has 0 fully saturated rings. The van der Waals surface area contributed by atoms with Crippen LogP contribution in [0.15, 0.2) is 48.5 Å². The molecule has 2 aromatic carbocycles. The predicted octanol–water partition coefficient (Wildman–Crippen LogP) is 3.58. The lowest BCUT2D eigenvalue weighted by Crippen LogP contribution is -2.54. The van der Waals surface area contributed by atoms with Crippen molar-refractivity contribution >= 4 is 23.9 Å². The number of aromatic hydroxyl groups is 2. The first-order valence-corrected chi connectivity index (χ1v) is 13.6. The average Bonchev–Trinajstić information content (AvgIpc) is 2.89. The Balaban J connectivity index is 2.45. The van der Waals surface area contributed by atoms with Gasteiger partial charge in [-0.05, 0) is 69.5 Å². The van der Waals surface area contributed by atoms with E-state index < -0.39 is 41.6 Å². The van der Waals surface area contributed by atoms with Crippen LogP contribution in [0.2, 0.25) is 0 Å². The summed E-state index contributed by atoms with van der Waals surface area (Å²) in [6.07, 6.45) is -0.293. The zero-order chi connectivity index (χ0) is 30.6. The summed E-state index contributed by atoms with van der Waals surface area (Å²) in [7, 11) is 0. The molecule has 0 bridgehead atoms. The topological polar surface area (TPSA) is 154 Å². The molecule has 2 atom stereocenters. The van der Waals surface area contributed by atoms with Crippen molar-refractivity contribution in [2.45, 2.75) is 71.6 Å². The summed E-state index contributed by atoms with van der Waals surface area (Å²) < 4.78 is 10.3. The van der Waals surface area contributed by atoms with Gasteiger partial charge in [-0.3, -0.25) is 14.4 Å². The molecule has 0 aliphatic carbocycles. The third-order valence-electron chi connectivity index (χ3n) is 5.82. The number of nitrogens with zero attached hydrogens (tertiary/aromatic N) is 1. The number of benzene rings is 2. The molecule has 2 aromatic rings. The van der Waals surface area contributed by atoms with Crippen LogP contribution in [0.25, 0.3) is 0 Å². The van der Waals surface area contributed by atoms with E-state index in [0.717, 1.165) is 0 Å². The zero-order valence-corrected chi connectivity index (χ0v) is 24.3. The normalized spacial score (nSPS) is 12.5. The molecule has 0 aliphatic heterocycles. The Kier molecular flexibility index (Phi) is 12.4. The fourth-order valence-electron chi connectivity index (χ4n) is 4.07. The minimum absolute atomic E-state index is 0.00645. The van der Waals surface area contributed by atoms with E-state index in [1.807, 2.05) is 6.92 Å². The summed E-state index contributed by atoms with van der Waals surface area (Å²) in [5.74, 6) is -1.51. The molecule has 0 radical (unpaired) electrons. The molecule has 2 unspecified atom stereocenters. The van der Waals surface area contributed by atoms with Gasteiger partial charge in [-0.25, -0.2) is 4.79 Å². The Labute approximate surface area is 240 Å². The maximum atomic E-state index is 14.2. The van der Waals surface area contributed by atoms with Crippen LogP contribution >= 0.6 is 0 Å². The Morgan fingerprint density at radius 1 is 0.927 bits per heavy atom. The third-order valence-corrected chi connectivity index (χ3v) is 5.82. The van der Waals surface area contributed by atoms with Crippen LogP contribution in [-0.4, -0.2) is 70.3 Å². The molecule has 11 heteroatoms. The van der Waals surface area contributed by atoms with Crippen LogP contribution in [0.1, 0.15) is 64.6 Å². The van der Waals surface area contributed by atoms with Crippen molar-refractivity contribution in [3.8, 4) is 11.5 Å². The average molecular weight is 572 g/mol. The van der Waals surface area contributed by atoms with Crippen molar-refractivity contribution in [2.24, 2.45) is 0 Å². The molecule has 0 saturated heterocycles. The van der Waals surface area contributed by atoms with Gasteiger partial charge in [-0.1, -0.05) is 31.2 Å². The number of carbonyl (C=O) groups is 4. The number of nitrogens with one attached hydrogen (secondary N) is 2. The van der Waals surface area contributed by atoms with Crippen LogP contribution in [0, 0.1) is 0 Å². The smallest absolute Gasteiger partial charge is 0.408 e. The second-order valence-corrected chi connectivity index (χ2v) is 10.4. The highest BCUT2D eigenvalue weighted by Gasteiger charge is 2.36. The van der Waals surface area contributed by atoms with E-state index in [-0.39, 0.29) is 44.0 Å². The molecule has 0 spiro atoms. The predicted molar refractivity (Wildman–Crippen MR) is 152 cm³/mol. The third kappa shape index (κ3) is 11.0. The van der Waals surface area contributed by atoms with Gasteiger partial charge in [0.05, 0.1) is 13.0 Å². The number of phenols is 2. The highest BCUT2D eigenvalue weighted by molar-refractivity contribution is 5.92. The summed E-state index contributed by atoms with van der Waals surface area (Å²) in [5.41, 5.74) is 0.278. The molecule has 4 N–H and O–H groups in total. The molecule has 11 nitrogen and oxygen atoms in total. The summed E-state index contributed by atoms with van der Waals surface area (Å²) in [6.45, 7) is 9.02. The summed E-state index contributed by atoms with van der Waals surface area (Å²) in [6, 6.07) is 9.88. The monoisotopic (exact) mass is 571 g/mol. The lowest BCUT2D eigenvalue weighted by atomic mass is 10.00. The number of hydrogen-bond acceptors (Lipinski definition) is 8. The number of hydrogen-bond donors (Lipinski definition) is 4. The quantitative estimate of drug-likeness (QED) is 0.266. The van der Waals surface area contributed by atoms with Crippen LogP contribution in [0.5, 0.6) is 11.5 Å². The van der Waals surface area contributed by atoms with Gasteiger partial charge in [0.25, 0.3) is 0 Å². The highest BCUT2D eigenvalue weighted by atomic mass is 16.6. The van der Waals surface area contributed by atoms with E-state index in [0.29, 0.717) is 17.5 Å². The van der Waals surface area contributed by atoms with E-state index in [1.165, 1.54) is 41.3 Å². The van der Waals surface area contributed by atoms with Crippen molar-refractivity contribution < 1.29 is 38.9 Å². The van der Waals surface area contributed by atoms with Gasteiger partial charge in [0.1, 0.15) is 29.2 Å². The molecule has 0 saturated carbocycles. The lowest BCUT2D eigenvalue weighted by Gasteiger charge is -2.34. The van der Waals surface area contributed by atoms with Gasteiger partial charge in [-0.15, -0.1) is 0 Å². The van der Waals surface area contributed by atoms with Crippen LogP contribution in [0.3, 0.4) is 0 Å². The highest BCUT2D eigenvalue weighted by Crippen LogP contribution is 2.26. The summed E-state index contributed by atoms with van der Waals surface area (Å²) >= 11 is 0. The number of rotatable bonds is 13. The maximum absolute atomic E-state index is 14.2. The Bertz CT molecular complexity index is 1160. The number of carbonyl (C=O) groups excluding carboxylic acids is 4. The number of ether oxygens (including phenoxy) is 2. The minimum Gasteiger partial charge on any atom is -0.508 e. The number of esters is 1. The Morgan fingerprint density at radius 3 is 2.05 bits per heavy atom. The van der Waals surface area contributed by atoms with E-state index in [4.69, 9.17) is 9.47 Å². The number of alkyl carbamates (subject to hydrolysis) is 1. The second kappa shape index (κ2) is 15.5. The van der Waals surface area contributed by atoms with Gasteiger partial charge in [0.2, 0.25) is 11.8 Å². The summed E-state index contributed by atoms with van der Waals surface area (Å²) in [5, 5.41) is 24.9. The standard InChI is InChI=1S/C30H41N3O8/c1-6-18-33(26(21-10-14-23(35)15-11-21)27(37)31-17-16-25(36)40-7-2)28(38)24(32-29(39)41-30(3,4)5)19-20-8-12-22(34)13-9-20/h8-15,24,26,34-35H,6-7,16-19H2,1-5H3,(H,31,37)(H,32,39). The maximum Gasteiger partial charge on any atom is 0.408 e. The van der Waals surface area contributed by atoms with Gasteiger partial charge in [0, 0.05) is 19.5 Å². The first kappa shape index (κ1) is 32.9. The first-order chi connectivity index (χ1) is 19.3. The molecule has 41 heavy (non-hydrogen) atoms. The first-order valence-electron chi connectivity index (χ1n) is 13.6. The second-order valence-electron chi connectivity index (χ2n) is 10.4. The Morgan fingerprint density at radius 2 is 1.51 bits per heavy atom. The number of phenolic OH excluding ortho intramolecular Hbond substituents is 2. The van der Waals surface area contributed by atoms with Gasteiger partial charge >= 0.3 is 12.1 Å². The fourth-order valence-corrected chi connectivity index (χ4v) is 4.07. The largest absolute Gasteiger partial charge is 0.508 e. The minimum atomic E-state index is -1.13. The fraction of sp³-hybridized carbons (Fsp3) is 0.467. The van der Waals surface area contributed by atoms with Crippen molar-refractivity contribution in [2.75, 3.05) is 19.7 Å². The van der Waals surface area contributed by atoms with E-state index in [9.17, 15) is 29.4 Å². The lowest BCUT2D eigenvalue weighted by molar-refractivity contribution is -0.144. The van der Waals surface area contributed by atoms with Crippen LogP contribution in [-0.2, 0) is 30.3 Å². The molecule has 3 amide bonds. The van der Waals surface area contributed by atoms with Crippen molar-refractivity contribution in [3.05, 3.63) is 59.7 Å². The van der Waals surface area contributed by atoms with Crippen molar-refractivity contribution in [1.82, 2.24) is 15.5 Å². The van der Waals surface area contributed by atoms with E-state index >= 15 is 0 Å². The van der Waals surface area contributed by atoms with Crippen LogP contribution in [0.4, 0.5) is 4.79 Å². The molecular formula is C30H41N3O8. The zero-order valence-electron chi connectivity index (χ0n) is 24.3. The molecule has 0 aliphatic rings. The van der Waals surface area contributed by atoms with E-state index in [2.05, 4.69) is 10.6 Å². The van der Waals surface area contributed by atoms with Crippen LogP contribution < -0.4 is 10.6 Å². The van der Waals surface area contributed by atoms with Gasteiger partial charge in [0.15, 0.2) is 0 Å². The van der Waals surface area contributed by atoms with Crippen molar-refractivity contribution in [1.29, 1.82) is 0 Å². The number of amides is 3. The molecule has 0 aromatic heterocycles. The van der Waals surface area contributed by atoms with E-state index in [1.54, 1.807) is 39.8 Å². The Hall–Kier alpha value is -4.28.